The van der Waals surface area contributed by atoms with Crippen LogP contribution in [0.15, 0.2) is 0 Å². The van der Waals surface area contributed by atoms with Crippen molar-refractivity contribution in [3.8, 4) is 0 Å². The molecule has 0 aromatic heterocycles. The lowest BCUT2D eigenvalue weighted by Crippen LogP contribution is -2.40. The molecule has 1 saturated heterocycles. The predicted octanol–water partition coefficient (Wildman–Crippen LogP) is 5.29. The Morgan fingerprint density at radius 1 is 0.870 bits per heavy atom. The van der Waals surface area contributed by atoms with Gasteiger partial charge in [-0.25, -0.2) is 0 Å². The zero-order valence-corrected chi connectivity index (χ0v) is 17.3. The zero-order valence-electron chi connectivity index (χ0n) is 17.3. The molecule has 3 nitrogen and oxygen atoms in total. The summed E-state index contributed by atoms with van der Waals surface area (Å²) in [5, 5.41) is 0. The van der Waals surface area contributed by atoms with Gasteiger partial charge in [-0.3, -0.25) is 4.79 Å². The highest BCUT2D eigenvalue weighted by molar-refractivity contribution is 5.76. The van der Waals surface area contributed by atoms with Crippen molar-refractivity contribution in [3.63, 3.8) is 0 Å². The molecule has 3 radical (unpaired) electrons. The van der Waals surface area contributed by atoms with Gasteiger partial charge < -0.3 is 9.64 Å². The maximum absolute atomic E-state index is 10.9. The van der Waals surface area contributed by atoms with Gasteiger partial charge in [0.05, 0.1) is 6.10 Å². The van der Waals surface area contributed by atoms with Crippen molar-refractivity contribution in [2.24, 2.45) is 0 Å². The van der Waals surface area contributed by atoms with Crippen LogP contribution < -0.4 is 0 Å². The molecule has 0 bridgehead atoms. The number of rotatable bonds is 1. The number of nitrogens with zero attached hydrogens (tertiary/aromatic N) is 1. The third kappa shape index (κ3) is 19.4. The Kier molecular flexibility index (Phi) is 34.9. The van der Waals surface area contributed by atoms with Crippen LogP contribution >= 0.6 is 0 Å². The van der Waals surface area contributed by atoms with Gasteiger partial charge in [0.25, 0.3) is 0 Å². The van der Waals surface area contributed by atoms with Crippen molar-refractivity contribution >= 4 is 14.3 Å². The summed E-state index contributed by atoms with van der Waals surface area (Å²) in [6.07, 6.45) is 10.8. The largest absolute Gasteiger partial charge is 0.380 e. The fourth-order valence-electron chi connectivity index (χ4n) is 2.23. The molecule has 4 heteroatoms. The molecule has 1 saturated carbocycles. The molecule has 139 valence electrons. The minimum atomic E-state index is 0. The summed E-state index contributed by atoms with van der Waals surface area (Å²) in [4.78, 5) is 12.6. The Labute approximate surface area is 149 Å². The first kappa shape index (κ1) is 30.4. The number of carbonyl (C=O) groups excluding carboxylic acids is 1. The third-order valence-electron chi connectivity index (χ3n) is 3.42. The van der Waals surface area contributed by atoms with Crippen LogP contribution in [0, 0.1) is 0 Å². The highest BCUT2D eigenvalue weighted by Gasteiger charge is 2.21. The Morgan fingerprint density at radius 3 is 1.48 bits per heavy atom. The van der Waals surface area contributed by atoms with Gasteiger partial charge >= 0.3 is 0 Å². The first-order chi connectivity index (χ1) is 10.7. The van der Waals surface area contributed by atoms with Crippen LogP contribution in [0.5, 0.6) is 0 Å². The van der Waals surface area contributed by atoms with E-state index in [1.165, 1.54) is 38.5 Å². The molecule has 1 heterocycles. The minimum absolute atomic E-state index is 0. The number of hydrogen-bond donors (Lipinski definition) is 0. The molecule has 23 heavy (non-hydrogen) atoms. The lowest BCUT2D eigenvalue weighted by Gasteiger charge is -2.28. The molecule has 2 fully saturated rings. The number of likely N-dealkylation sites (tertiary alicyclic amines) is 1. The first-order valence-electron chi connectivity index (χ1n) is 9.51. The van der Waals surface area contributed by atoms with Crippen LogP contribution in [0.1, 0.15) is 92.9 Å². The molecule has 0 aromatic carbocycles. The van der Waals surface area contributed by atoms with Crippen molar-refractivity contribution in [2.45, 2.75) is 99.0 Å². The van der Waals surface area contributed by atoms with Crippen molar-refractivity contribution < 1.29 is 9.53 Å². The number of methoxy groups -OCH3 is 1. The molecule has 1 aliphatic heterocycles. The summed E-state index contributed by atoms with van der Waals surface area (Å²) in [6, 6.07) is 0. The molecule has 0 N–H and O–H groups in total. The van der Waals surface area contributed by atoms with Crippen LogP contribution in [0.25, 0.3) is 0 Å². The quantitative estimate of drug-likeness (QED) is 0.612. The van der Waals surface area contributed by atoms with Crippen LogP contribution in [-0.4, -0.2) is 46.0 Å². The van der Waals surface area contributed by atoms with Gasteiger partial charge in [0.2, 0.25) is 5.91 Å². The number of ether oxygens (including phenoxy) is 1. The molecule has 0 aromatic rings. The Hall–Kier alpha value is -0.505. The average molecular weight is 328 g/mol. The molecule has 1 aliphatic carbocycles. The molecular formula is C19H43BNO2. The molecular weight excluding hydrogens is 285 g/mol. The monoisotopic (exact) mass is 328 g/mol. The van der Waals surface area contributed by atoms with Gasteiger partial charge in [-0.05, 0) is 6.42 Å². The average Bonchev–Trinajstić information content (AvgIpc) is 2.64. The van der Waals surface area contributed by atoms with E-state index in [0.717, 1.165) is 13.0 Å². The number of amides is 1. The number of carbonyl (C=O) groups is 1. The third-order valence-corrected chi connectivity index (χ3v) is 3.42. The SMILES string of the molecule is C1CCCCC1.CC.CC.CC.COC1CCC(=O)N(C)C1.[B]. The van der Waals surface area contributed by atoms with Gasteiger partial charge in [-0.2, -0.15) is 0 Å². The van der Waals surface area contributed by atoms with E-state index in [1.54, 1.807) is 12.0 Å². The van der Waals surface area contributed by atoms with E-state index in [2.05, 4.69) is 0 Å². The maximum atomic E-state index is 10.9. The highest BCUT2D eigenvalue weighted by atomic mass is 16.5. The Bertz CT molecular complexity index is 198. The van der Waals surface area contributed by atoms with Crippen LogP contribution in [0.3, 0.4) is 0 Å². The summed E-state index contributed by atoms with van der Waals surface area (Å²) in [5.74, 6) is 0.230. The van der Waals surface area contributed by atoms with E-state index in [9.17, 15) is 4.79 Å². The molecule has 1 atom stereocenters. The van der Waals surface area contributed by atoms with Gasteiger partial charge in [0.15, 0.2) is 0 Å². The Balaban J connectivity index is -0.000000120. The van der Waals surface area contributed by atoms with E-state index < -0.39 is 0 Å². The second-order valence-electron chi connectivity index (χ2n) is 4.79. The first-order valence-corrected chi connectivity index (χ1v) is 9.51. The van der Waals surface area contributed by atoms with Gasteiger partial charge in [0.1, 0.15) is 0 Å². The number of piperidine rings is 1. The molecule has 0 spiro atoms. The second kappa shape index (κ2) is 26.4. The second-order valence-corrected chi connectivity index (χ2v) is 4.79. The molecule has 1 unspecified atom stereocenters. The van der Waals surface area contributed by atoms with Crippen molar-refractivity contribution in [3.05, 3.63) is 0 Å². The van der Waals surface area contributed by atoms with Gasteiger partial charge in [0, 0.05) is 35.5 Å². The normalized spacial score (nSPS) is 18.9. The van der Waals surface area contributed by atoms with E-state index >= 15 is 0 Å². The number of likely N-dealkylation sites (N-methyl/N-ethyl adjacent to an activating group) is 1. The van der Waals surface area contributed by atoms with Gasteiger partial charge in [-0.15, -0.1) is 0 Å². The summed E-state index contributed by atoms with van der Waals surface area (Å²) in [7, 11) is 3.50. The predicted molar refractivity (Wildman–Crippen MR) is 105 cm³/mol. The molecule has 1 amide bonds. The van der Waals surface area contributed by atoms with Crippen molar-refractivity contribution in [1.29, 1.82) is 0 Å². The fraction of sp³-hybridized carbons (Fsp3) is 0.947. The van der Waals surface area contributed by atoms with Crippen molar-refractivity contribution in [2.75, 3.05) is 20.7 Å². The molecule has 2 rings (SSSR count). The zero-order chi connectivity index (χ0) is 17.8. The summed E-state index contributed by atoms with van der Waals surface area (Å²) < 4.78 is 5.12. The minimum Gasteiger partial charge on any atom is -0.380 e. The van der Waals surface area contributed by atoms with Crippen LogP contribution in [0.2, 0.25) is 0 Å². The van der Waals surface area contributed by atoms with E-state index in [0.29, 0.717) is 6.42 Å². The summed E-state index contributed by atoms with van der Waals surface area (Å²) >= 11 is 0. The summed E-state index contributed by atoms with van der Waals surface area (Å²) in [5.41, 5.74) is 0. The van der Waals surface area contributed by atoms with E-state index in [4.69, 9.17) is 4.74 Å². The number of hydrogen-bond acceptors (Lipinski definition) is 2. The molecule has 2 aliphatic rings. The van der Waals surface area contributed by atoms with Crippen molar-refractivity contribution in [1.82, 2.24) is 4.90 Å². The smallest absolute Gasteiger partial charge is 0.222 e. The van der Waals surface area contributed by atoms with Crippen LogP contribution in [-0.2, 0) is 9.53 Å². The topological polar surface area (TPSA) is 29.5 Å². The van der Waals surface area contributed by atoms with E-state index in [-0.39, 0.29) is 20.4 Å². The standard InChI is InChI=1S/C7H13NO2.C6H12.3C2H6.B/c1-8-5-6(10-2)3-4-7(8)9;1-2-4-6-5-3-1;3*1-2;/h6H,3-5H2,1-2H3;1-6H2;3*1-2H3;. The lowest BCUT2D eigenvalue weighted by molar-refractivity contribution is -0.135. The van der Waals surface area contributed by atoms with Gasteiger partial charge in [-0.1, -0.05) is 80.1 Å². The Morgan fingerprint density at radius 2 is 1.22 bits per heavy atom. The fourth-order valence-corrected chi connectivity index (χ4v) is 2.23. The van der Waals surface area contributed by atoms with Crippen LogP contribution in [0.4, 0.5) is 0 Å². The maximum Gasteiger partial charge on any atom is 0.222 e. The van der Waals surface area contributed by atoms with E-state index in [1.807, 2.05) is 48.6 Å². The summed E-state index contributed by atoms with van der Waals surface area (Å²) in [6.45, 7) is 12.7. The highest BCUT2D eigenvalue weighted by Crippen LogP contribution is 2.15. The lowest BCUT2D eigenvalue weighted by atomic mass is 10.0.